The summed E-state index contributed by atoms with van der Waals surface area (Å²) in [6, 6.07) is 7.36. The predicted molar refractivity (Wildman–Crippen MR) is 82.4 cm³/mol. The second-order valence-corrected chi connectivity index (χ2v) is 5.70. The number of primary amides is 1. The minimum absolute atomic E-state index is 0.0441. The standard InChI is InChI=1S/C14H21N3O2S/c1-10(8-15)6-7-14(19)17-11-4-2-3-5-12(11)20-9-13(16)18/h2-5,10H,6-9,15H2,1H3,(H2,16,18)(H,17,19). The molecule has 0 heterocycles. The number of hydrogen-bond acceptors (Lipinski definition) is 4. The van der Waals surface area contributed by atoms with Gasteiger partial charge in [0.1, 0.15) is 0 Å². The van der Waals surface area contributed by atoms with Gasteiger partial charge in [0.2, 0.25) is 11.8 Å². The molecule has 1 aromatic rings. The van der Waals surface area contributed by atoms with Crippen LogP contribution in [0.15, 0.2) is 29.2 Å². The Labute approximate surface area is 123 Å². The van der Waals surface area contributed by atoms with Crippen LogP contribution in [0.2, 0.25) is 0 Å². The first-order chi connectivity index (χ1) is 9.52. The number of rotatable bonds is 8. The smallest absolute Gasteiger partial charge is 0.227 e. The SMILES string of the molecule is CC(CN)CCC(=O)Nc1ccccc1SCC(N)=O. The van der Waals surface area contributed by atoms with E-state index >= 15 is 0 Å². The van der Waals surface area contributed by atoms with Crippen molar-refractivity contribution >= 4 is 29.3 Å². The van der Waals surface area contributed by atoms with Gasteiger partial charge in [-0.1, -0.05) is 19.1 Å². The zero-order valence-corrected chi connectivity index (χ0v) is 12.4. The number of carbonyl (C=O) groups excluding carboxylic acids is 2. The fourth-order valence-corrected chi connectivity index (χ4v) is 2.30. The summed E-state index contributed by atoms with van der Waals surface area (Å²) in [5.41, 5.74) is 11.4. The summed E-state index contributed by atoms with van der Waals surface area (Å²) in [5, 5.41) is 2.86. The zero-order chi connectivity index (χ0) is 15.0. The number of amides is 2. The molecule has 1 aromatic carbocycles. The molecule has 6 heteroatoms. The van der Waals surface area contributed by atoms with Crippen LogP contribution in [0.5, 0.6) is 0 Å². The van der Waals surface area contributed by atoms with Crippen LogP contribution < -0.4 is 16.8 Å². The highest BCUT2D eigenvalue weighted by Gasteiger charge is 2.09. The lowest BCUT2D eigenvalue weighted by atomic mass is 10.1. The summed E-state index contributed by atoms with van der Waals surface area (Å²) in [6.07, 6.45) is 1.20. The second kappa shape index (κ2) is 8.60. The van der Waals surface area contributed by atoms with Gasteiger partial charge in [0.05, 0.1) is 11.4 Å². The topological polar surface area (TPSA) is 98.2 Å². The Morgan fingerprint density at radius 3 is 2.70 bits per heavy atom. The van der Waals surface area contributed by atoms with Gasteiger partial charge >= 0.3 is 0 Å². The molecule has 20 heavy (non-hydrogen) atoms. The Bertz CT molecular complexity index is 465. The molecule has 5 nitrogen and oxygen atoms in total. The highest BCUT2D eigenvalue weighted by Crippen LogP contribution is 2.26. The number of hydrogen-bond donors (Lipinski definition) is 3. The number of carbonyl (C=O) groups is 2. The summed E-state index contributed by atoms with van der Waals surface area (Å²) in [4.78, 5) is 23.5. The van der Waals surface area contributed by atoms with E-state index < -0.39 is 0 Å². The van der Waals surface area contributed by atoms with Crippen molar-refractivity contribution in [1.29, 1.82) is 0 Å². The number of nitrogens with two attached hydrogens (primary N) is 2. The minimum atomic E-state index is -0.382. The highest BCUT2D eigenvalue weighted by atomic mass is 32.2. The molecule has 0 spiro atoms. The van der Waals surface area contributed by atoms with Crippen LogP contribution in [0.4, 0.5) is 5.69 Å². The Morgan fingerprint density at radius 2 is 2.05 bits per heavy atom. The van der Waals surface area contributed by atoms with Crippen molar-refractivity contribution in [2.45, 2.75) is 24.7 Å². The monoisotopic (exact) mass is 295 g/mol. The van der Waals surface area contributed by atoms with Gasteiger partial charge in [-0.15, -0.1) is 11.8 Å². The summed E-state index contributed by atoms with van der Waals surface area (Å²) in [5.74, 6) is 0.0995. The molecule has 0 bridgehead atoms. The fourth-order valence-electron chi connectivity index (χ4n) is 1.55. The quantitative estimate of drug-likeness (QED) is 0.634. The molecule has 0 aromatic heterocycles. The molecule has 1 rings (SSSR count). The molecule has 0 radical (unpaired) electrons. The van der Waals surface area contributed by atoms with E-state index in [2.05, 4.69) is 5.32 Å². The van der Waals surface area contributed by atoms with Crippen LogP contribution >= 0.6 is 11.8 Å². The first-order valence-corrected chi connectivity index (χ1v) is 7.51. The van der Waals surface area contributed by atoms with E-state index in [1.54, 1.807) is 0 Å². The third-order valence-corrected chi connectivity index (χ3v) is 3.89. The summed E-state index contributed by atoms with van der Waals surface area (Å²) >= 11 is 1.32. The molecule has 1 atom stereocenters. The molecular weight excluding hydrogens is 274 g/mol. The van der Waals surface area contributed by atoms with Gasteiger partial charge in [-0.25, -0.2) is 0 Å². The lowest BCUT2D eigenvalue weighted by Gasteiger charge is -2.11. The first kappa shape index (κ1) is 16.5. The average Bonchev–Trinajstić information content (AvgIpc) is 2.43. The van der Waals surface area contributed by atoms with Crippen LogP contribution in [-0.2, 0) is 9.59 Å². The normalized spacial score (nSPS) is 11.9. The Hall–Kier alpha value is -1.53. The van der Waals surface area contributed by atoms with Crippen LogP contribution in [0.3, 0.4) is 0 Å². The number of para-hydroxylation sites is 1. The number of nitrogens with one attached hydrogen (secondary N) is 1. The number of thioether (sulfide) groups is 1. The van der Waals surface area contributed by atoms with Gasteiger partial charge in [-0.05, 0) is 31.0 Å². The van der Waals surface area contributed by atoms with Crippen molar-refractivity contribution in [3.05, 3.63) is 24.3 Å². The molecule has 0 aliphatic heterocycles. The minimum Gasteiger partial charge on any atom is -0.369 e. The lowest BCUT2D eigenvalue weighted by molar-refractivity contribution is -0.116. The zero-order valence-electron chi connectivity index (χ0n) is 11.6. The molecule has 0 saturated carbocycles. The van der Waals surface area contributed by atoms with E-state index in [0.717, 1.165) is 11.3 Å². The second-order valence-electron chi connectivity index (χ2n) is 4.68. The van der Waals surface area contributed by atoms with E-state index in [-0.39, 0.29) is 17.6 Å². The molecule has 110 valence electrons. The number of benzene rings is 1. The Morgan fingerprint density at radius 1 is 1.35 bits per heavy atom. The van der Waals surface area contributed by atoms with E-state index in [9.17, 15) is 9.59 Å². The van der Waals surface area contributed by atoms with Gasteiger partial charge in [0.15, 0.2) is 0 Å². The maximum atomic E-state index is 11.9. The Kier molecular flexibility index (Phi) is 7.11. The van der Waals surface area contributed by atoms with E-state index in [4.69, 9.17) is 11.5 Å². The molecule has 0 saturated heterocycles. The van der Waals surface area contributed by atoms with E-state index in [1.807, 2.05) is 31.2 Å². The van der Waals surface area contributed by atoms with Gasteiger partial charge < -0.3 is 16.8 Å². The average molecular weight is 295 g/mol. The van der Waals surface area contributed by atoms with Crippen molar-refractivity contribution < 1.29 is 9.59 Å². The fraction of sp³-hybridized carbons (Fsp3) is 0.429. The molecule has 0 aliphatic carbocycles. The van der Waals surface area contributed by atoms with Crippen molar-refractivity contribution in [2.24, 2.45) is 17.4 Å². The van der Waals surface area contributed by atoms with Crippen LogP contribution in [-0.4, -0.2) is 24.1 Å². The molecule has 0 aliphatic rings. The third-order valence-electron chi connectivity index (χ3n) is 2.80. The van der Waals surface area contributed by atoms with Crippen molar-refractivity contribution in [2.75, 3.05) is 17.6 Å². The van der Waals surface area contributed by atoms with Gasteiger partial charge in [-0.3, -0.25) is 9.59 Å². The number of anilines is 1. The van der Waals surface area contributed by atoms with Crippen molar-refractivity contribution in [3.8, 4) is 0 Å². The molecule has 2 amide bonds. The van der Waals surface area contributed by atoms with Crippen LogP contribution in [0.25, 0.3) is 0 Å². The summed E-state index contributed by atoms with van der Waals surface area (Å²) in [6.45, 7) is 2.60. The van der Waals surface area contributed by atoms with E-state index in [1.165, 1.54) is 11.8 Å². The Balaban J connectivity index is 2.57. The van der Waals surface area contributed by atoms with E-state index in [0.29, 0.717) is 24.6 Å². The van der Waals surface area contributed by atoms with Crippen LogP contribution in [0.1, 0.15) is 19.8 Å². The molecular formula is C14H21N3O2S. The summed E-state index contributed by atoms with van der Waals surface area (Å²) < 4.78 is 0. The van der Waals surface area contributed by atoms with Crippen molar-refractivity contribution in [3.63, 3.8) is 0 Å². The lowest BCUT2D eigenvalue weighted by Crippen LogP contribution is -2.17. The maximum Gasteiger partial charge on any atom is 0.227 e. The first-order valence-electron chi connectivity index (χ1n) is 6.53. The maximum absolute atomic E-state index is 11.9. The van der Waals surface area contributed by atoms with Gasteiger partial charge in [-0.2, -0.15) is 0 Å². The molecule has 5 N–H and O–H groups in total. The predicted octanol–water partition coefficient (Wildman–Crippen LogP) is 1.58. The van der Waals surface area contributed by atoms with Gasteiger partial charge in [0.25, 0.3) is 0 Å². The van der Waals surface area contributed by atoms with Crippen LogP contribution in [0, 0.1) is 5.92 Å². The highest BCUT2D eigenvalue weighted by molar-refractivity contribution is 8.00. The largest absolute Gasteiger partial charge is 0.369 e. The third kappa shape index (κ3) is 6.08. The van der Waals surface area contributed by atoms with Crippen molar-refractivity contribution in [1.82, 2.24) is 0 Å². The van der Waals surface area contributed by atoms with Gasteiger partial charge in [0, 0.05) is 11.3 Å². The molecule has 1 unspecified atom stereocenters. The molecule has 0 fully saturated rings. The summed E-state index contributed by atoms with van der Waals surface area (Å²) in [7, 11) is 0.